The second-order valence-corrected chi connectivity index (χ2v) is 3.86. The highest BCUT2D eigenvalue weighted by Crippen LogP contribution is 2.15. The number of ketones is 1. The number of methoxy groups -OCH3 is 1. The van der Waals surface area contributed by atoms with Gasteiger partial charge in [-0.15, -0.1) is 0 Å². The van der Waals surface area contributed by atoms with E-state index < -0.39 is 29.3 Å². The van der Waals surface area contributed by atoms with E-state index >= 15 is 0 Å². The van der Waals surface area contributed by atoms with Gasteiger partial charge in [0.15, 0.2) is 5.78 Å². The van der Waals surface area contributed by atoms with Crippen molar-refractivity contribution in [1.82, 2.24) is 0 Å². The fourth-order valence-electron chi connectivity index (χ4n) is 1.64. The molecular formula is C13H14F2O3. The minimum atomic E-state index is -0.903. The zero-order valence-electron chi connectivity index (χ0n) is 10.2. The molecule has 0 aliphatic heterocycles. The van der Waals surface area contributed by atoms with E-state index in [2.05, 4.69) is 4.74 Å². The van der Waals surface area contributed by atoms with Crippen molar-refractivity contribution in [1.29, 1.82) is 0 Å². The molecule has 0 spiro atoms. The number of ether oxygens (including phenoxy) is 1. The number of benzene rings is 1. The van der Waals surface area contributed by atoms with Gasteiger partial charge in [-0.3, -0.25) is 9.59 Å². The SMILES string of the molecule is CCC(C(=O)Cc1ccc(F)cc1F)C(=O)OC. The number of carbonyl (C=O) groups is 2. The van der Waals surface area contributed by atoms with Crippen molar-refractivity contribution in [3.63, 3.8) is 0 Å². The van der Waals surface area contributed by atoms with Crippen molar-refractivity contribution in [3.05, 3.63) is 35.4 Å². The highest BCUT2D eigenvalue weighted by Gasteiger charge is 2.26. The van der Waals surface area contributed by atoms with Crippen LogP contribution in [0.25, 0.3) is 0 Å². The van der Waals surface area contributed by atoms with Crippen molar-refractivity contribution in [2.45, 2.75) is 19.8 Å². The second-order valence-electron chi connectivity index (χ2n) is 3.86. The van der Waals surface area contributed by atoms with Crippen LogP contribution in [0.15, 0.2) is 18.2 Å². The summed E-state index contributed by atoms with van der Waals surface area (Å²) in [6, 6.07) is 2.99. The molecule has 0 bridgehead atoms. The summed E-state index contributed by atoms with van der Waals surface area (Å²) in [5.41, 5.74) is 0.0729. The Morgan fingerprint density at radius 2 is 2.00 bits per heavy atom. The zero-order chi connectivity index (χ0) is 13.7. The first-order chi connectivity index (χ1) is 8.49. The van der Waals surface area contributed by atoms with Crippen LogP contribution in [0.2, 0.25) is 0 Å². The van der Waals surface area contributed by atoms with Gasteiger partial charge in [0.05, 0.1) is 7.11 Å². The lowest BCUT2D eigenvalue weighted by molar-refractivity contribution is -0.149. The lowest BCUT2D eigenvalue weighted by atomic mass is 9.95. The first-order valence-electron chi connectivity index (χ1n) is 5.54. The molecule has 1 aromatic carbocycles. The topological polar surface area (TPSA) is 43.4 Å². The Balaban J connectivity index is 2.83. The largest absolute Gasteiger partial charge is 0.468 e. The molecule has 0 N–H and O–H groups in total. The molecular weight excluding hydrogens is 242 g/mol. The van der Waals surface area contributed by atoms with E-state index in [4.69, 9.17) is 0 Å². The summed E-state index contributed by atoms with van der Waals surface area (Å²) in [6.07, 6.45) is 0.0358. The summed E-state index contributed by atoms with van der Waals surface area (Å²) < 4.78 is 30.5. The molecule has 1 aromatic rings. The van der Waals surface area contributed by atoms with Crippen LogP contribution >= 0.6 is 0 Å². The molecule has 0 amide bonds. The van der Waals surface area contributed by atoms with Gasteiger partial charge in [0.25, 0.3) is 0 Å². The van der Waals surface area contributed by atoms with Crippen LogP contribution in [0, 0.1) is 17.6 Å². The van der Waals surface area contributed by atoms with E-state index in [1.165, 1.54) is 13.2 Å². The van der Waals surface area contributed by atoms with Crippen LogP contribution in [-0.4, -0.2) is 18.9 Å². The first kappa shape index (κ1) is 14.3. The van der Waals surface area contributed by atoms with Crippen LogP contribution in [0.3, 0.4) is 0 Å². The third kappa shape index (κ3) is 3.35. The summed E-state index contributed by atoms with van der Waals surface area (Å²) in [5.74, 6) is -3.47. The van der Waals surface area contributed by atoms with Crippen molar-refractivity contribution in [3.8, 4) is 0 Å². The Morgan fingerprint density at radius 3 is 2.50 bits per heavy atom. The molecule has 0 aliphatic carbocycles. The third-order valence-corrected chi connectivity index (χ3v) is 2.66. The van der Waals surface area contributed by atoms with E-state index in [1.807, 2.05) is 0 Å². The Bertz CT molecular complexity index is 458. The Kier molecular flexibility index (Phi) is 4.95. The van der Waals surface area contributed by atoms with E-state index in [0.717, 1.165) is 6.07 Å². The number of rotatable bonds is 5. The van der Waals surface area contributed by atoms with E-state index in [1.54, 1.807) is 6.92 Å². The molecule has 5 heteroatoms. The van der Waals surface area contributed by atoms with Gasteiger partial charge in [-0.1, -0.05) is 13.0 Å². The molecule has 0 heterocycles. The van der Waals surface area contributed by atoms with Gasteiger partial charge in [0.1, 0.15) is 17.6 Å². The summed E-state index contributed by atoms with van der Waals surface area (Å²) in [5, 5.41) is 0. The lowest BCUT2D eigenvalue weighted by Crippen LogP contribution is -2.26. The highest BCUT2D eigenvalue weighted by atomic mass is 19.1. The Morgan fingerprint density at radius 1 is 1.33 bits per heavy atom. The maximum absolute atomic E-state index is 13.4. The number of hydrogen-bond donors (Lipinski definition) is 0. The molecule has 18 heavy (non-hydrogen) atoms. The number of Topliss-reactive ketones (excluding diaryl/α,β-unsaturated/α-hetero) is 1. The molecule has 98 valence electrons. The predicted octanol–water partition coefficient (Wildman–Crippen LogP) is 2.28. The zero-order valence-corrected chi connectivity index (χ0v) is 10.2. The number of esters is 1. The maximum Gasteiger partial charge on any atom is 0.316 e. The average molecular weight is 256 g/mol. The van der Waals surface area contributed by atoms with Gasteiger partial charge in [0.2, 0.25) is 0 Å². The molecule has 0 aliphatic rings. The van der Waals surface area contributed by atoms with Crippen molar-refractivity contribution < 1.29 is 23.1 Å². The lowest BCUT2D eigenvalue weighted by Gasteiger charge is -2.11. The van der Waals surface area contributed by atoms with Gasteiger partial charge in [0, 0.05) is 12.5 Å². The molecule has 0 saturated heterocycles. The second kappa shape index (κ2) is 6.23. The van der Waals surface area contributed by atoms with Gasteiger partial charge >= 0.3 is 5.97 Å². The fraction of sp³-hybridized carbons (Fsp3) is 0.385. The smallest absolute Gasteiger partial charge is 0.316 e. The molecule has 1 rings (SSSR count). The molecule has 0 radical (unpaired) electrons. The normalized spacial score (nSPS) is 12.0. The highest BCUT2D eigenvalue weighted by molar-refractivity contribution is 5.99. The molecule has 1 atom stereocenters. The summed E-state index contributed by atoms with van der Waals surface area (Å²) >= 11 is 0. The van der Waals surface area contributed by atoms with Crippen LogP contribution in [0.5, 0.6) is 0 Å². The third-order valence-electron chi connectivity index (χ3n) is 2.66. The van der Waals surface area contributed by atoms with Gasteiger partial charge in [-0.05, 0) is 18.1 Å². The predicted molar refractivity (Wildman–Crippen MR) is 60.9 cm³/mol. The average Bonchev–Trinajstić information content (AvgIpc) is 2.33. The summed E-state index contributed by atoms with van der Waals surface area (Å²) in [6.45, 7) is 1.67. The minimum absolute atomic E-state index is 0.0729. The molecule has 0 fully saturated rings. The maximum atomic E-state index is 13.4. The minimum Gasteiger partial charge on any atom is -0.468 e. The summed E-state index contributed by atoms with van der Waals surface area (Å²) in [4.78, 5) is 23.1. The number of carbonyl (C=O) groups excluding carboxylic acids is 2. The van der Waals surface area contributed by atoms with Crippen molar-refractivity contribution >= 4 is 11.8 Å². The molecule has 3 nitrogen and oxygen atoms in total. The molecule has 0 aromatic heterocycles. The monoisotopic (exact) mass is 256 g/mol. The van der Waals surface area contributed by atoms with E-state index in [-0.39, 0.29) is 18.4 Å². The Hall–Kier alpha value is -1.78. The molecule has 0 saturated carbocycles. The van der Waals surface area contributed by atoms with Crippen LogP contribution in [0.1, 0.15) is 18.9 Å². The number of halogens is 2. The van der Waals surface area contributed by atoms with Crippen molar-refractivity contribution in [2.24, 2.45) is 5.92 Å². The van der Waals surface area contributed by atoms with Gasteiger partial charge in [-0.25, -0.2) is 8.78 Å². The summed E-state index contributed by atoms with van der Waals surface area (Å²) in [7, 11) is 1.19. The van der Waals surface area contributed by atoms with Crippen LogP contribution in [0.4, 0.5) is 8.78 Å². The van der Waals surface area contributed by atoms with Crippen molar-refractivity contribution in [2.75, 3.05) is 7.11 Å². The Labute approximate surface area is 104 Å². The van der Waals surface area contributed by atoms with Gasteiger partial charge in [-0.2, -0.15) is 0 Å². The first-order valence-corrected chi connectivity index (χ1v) is 5.54. The fourth-order valence-corrected chi connectivity index (χ4v) is 1.64. The van der Waals surface area contributed by atoms with Crippen LogP contribution < -0.4 is 0 Å². The van der Waals surface area contributed by atoms with E-state index in [0.29, 0.717) is 6.07 Å². The quantitative estimate of drug-likeness (QED) is 0.599. The van der Waals surface area contributed by atoms with Gasteiger partial charge < -0.3 is 4.74 Å². The van der Waals surface area contributed by atoms with Crippen LogP contribution in [-0.2, 0) is 20.7 Å². The number of hydrogen-bond acceptors (Lipinski definition) is 3. The standard InChI is InChI=1S/C13H14F2O3/c1-3-10(13(17)18-2)12(16)6-8-4-5-9(14)7-11(8)15/h4-5,7,10H,3,6H2,1-2H3. The van der Waals surface area contributed by atoms with E-state index in [9.17, 15) is 18.4 Å². The molecule has 1 unspecified atom stereocenters.